The Bertz CT molecular complexity index is 704. The van der Waals surface area contributed by atoms with Gasteiger partial charge in [-0.2, -0.15) is 0 Å². The Hall–Kier alpha value is -0.940. The number of halogens is 2. The summed E-state index contributed by atoms with van der Waals surface area (Å²) in [6.45, 7) is 1.71. The van der Waals surface area contributed by atoms with E-state index >= 15 is 0 Å². The molecule has 0 atom stereocenters. The SMILES string of the molecule is CN=C(NCC1(S(C)(=O)=O)CCOCC1)N(C)Cc1ccc(F)cc1.I. The fourth-order valence-corrected chi connectivity index (χ4v) is 4.23. The molecule has 1 aromatic carbocycles. The number of ether oxygens (including phenoxy) is 1. The second kappa shape index (κ2) is 9.84. The van der Waals surface area contributed by atoms with Gasteiger partial charge in [0.25, 0.3) is 0 Å². The van der Waals surface area contributed by atoms with Crippen LogP contribution in [0.4, 0.5) is 4.39 Å². The molecule has 0 amide bonds. The molecule has 0 aromatic heterocycles. The molecule has 0 spiro atoms. The van der Waals surface area contributed by atoms with Crippen LogP contribution in [0.5, 0.6) is 0 Å². The van der Waals surface area contributed by atoms with Crippen LogP contribution >= 0.6 is 24.0 Å². The van der Waals surface area contributed by atoms with E-state index in [1.165, 1.54) is 18.4 Å². The van der Waals surface area contributed by atoms with E-state index in [2.05, 4.69) is 10.3 Å². The highest BCUT2D eigenvalue weighted by molar-refractivity contribution is 14.0. The van der Waals surface area contributed by atoms with Gasteiger partial charge in [0.1, 0.15) is 5.82 Å². The van der Waals surface area contributed by atoms with E-state index in [1.807, 2.05) is 11.9 Å². The van der Waals surface area contributed by atoms with Gasteiger partial charge < -0.3 is 15.0 Å². The molecular formula is C17H27FIN3O3S. The highest BCUT2D eigenvalue weighted by Gasteiger charge is 2.42. The second-order valence-corrected chi connectivity index (χ2v) is 8.86. The lowest BCUT2D eigenvalue weighted by atomic mass is 9.99. The van der Waals surface area contributed by atoms with Crippen LogP contribution in [0.2, 0.25) is 0 Å². The van der Waals surface area contributed by atoms with E-state index in [0.29, 0.717) is 38.6 Å². The molecule has 2 rings (SSSR count). The summed E-state index contributed by atoms with van der Waals surface area (Å²) in [5, 5.41) is 3.19. The first-order valence-electron chi connectivity index (χ1n) is 8.21. The van der Waals surface area contributed by atoms with Crippen molar-refractivity contribution in [3.8, 4) is 0 Å². The number of nitrogens with zero attached hydrogens (tertiary/aromatic N) is 2. The molecule has 0 bridgehead atoms. The van der Waals surface area contributed by atoms with Crippen molar-refractivity contribution in [3.63, 3.8) is 0 Å². The first kappa shape index (κ1) is 23.1. The number of nitrogens with one attached hydrogen (secondary N) is 1. The molecule has 1 fully saturated rings. The summed E-state index contributed by atoms with van der Waals surface area (Å²) in [4.78, 5) is 6.11. The van der Waals surface area contributed by atoms with Gasteiger partial charge in [-0.05, 0) is 30.5 Å². The Balaban J connectivity index is 0.00000338. The topological polar surface area (TPSA) is 71.0 Å². The van der Waals surface area contributed by atoms with Gasteiger partial charge >= 0.3 is 0 Å². The van der Waals surface area contributed by atoms with Crippen LogP contribution in [-0.2, 0) is 21.1 Å². The van der Waals surface area contributed by atoms with Crippen molar-refractivity contribution in [2.24, 2.45) is 4.99 Å². The molecule has 1 aliphatic heterocycles. The summed E-state index contributed by atoms with van der Waals surface area (Å²) in [6.07, 6.45) is 2.22. The van der Waals surface area contributed by atoms with E-state index < -0.39 is 14.6 Å². The van der Waals surface area contributed by atoms with Crippen molar-refractivity contribution in [3.05, 3.63) is 35.6 Å². The third-order valence-electron chi connectivity index (χ3n) is 4.67. The molecular weight excluding hydrogens is 472 g/mol. The molecule has 0 aliphatic carbocycles. The minimum absolute atomic E-state index is 0. The highest BCUT2D eigenvalue weighted by atomic mass is 127. The standard InChI is InChI=1S/C17H26FN3O3S.HI/c1-19-16(21(2)12-14-4-6-15(18)7-5-14)20-13-17(25(3,22)23)8-10-24-11-9-17;/h4-7H,8-13H2,1-3H3,(H,19,20);1H. The maximum Gasteiger partial charge on any atom is 0.193 e. The van der Waals surface area contributed by atoms with Gasteiger partial charge in [-0.3, -0.25) is 4.99 Å². The van der Waals surface area contributed by atoms with E-state index in [0.717, 1.165) is 5.56 Å². The Morgan fingerprint density at radius 1 is 1.31 bits per heavy atom. The number of hydrogen-bond acceptors (Lipinski definition) is 4. The van der Waals surface area contributed by atoms with Crippen LogP contribution in [0, 0.1) is 5.82 Å². The summed E-state index contributed by atoms with van der Waals surface area (Å²) in [6, 6.07) is 6.27. The number of rotatable bonds is 5. The van der Waals surface area contributed by atoms with E-state index in [-0.39, 0.29) is 36.3 Å². The zero-order chi connectivity index (χ0) is 18.5. The van der Waals surface area contributed by atoms with Crippen LogP contribution in [-0.4, -0.2) is 64.1 Å². The van der Waals surface area contributed by atoms with E-state index in [4.69, 9.17) is 4.74 Å². The first-order chi connectivity index (χ1) is 11.8. The Morgan fingerprint density at radius 3 is 2.38 bits per heavy atom. The average Bonchev–Trinajstić information content (AvgIpc) is 2.57. The summed E-state index contributed by atoms with van der Waals surface area (Å²) in [7, 11) is 0.272. The molecule has 1 heterocycles. The van der Waals surface area contributed by atoms with E-state index in [1.54, 1.807) is 19.2 Å². The third-order valence-corrected chi connectivity index (χ3v) is 6.79. The van der Waals surface area contributed by atoms with Gasteiger partial charge in [0.15, 0.2) is 15.8 Å². The summed E-state index contributed by atoms with van der Waals surface area (Å²) in [5.74, 6) is 0.322. The zero-order valence-electron chi connectivity index (χ0n) is 15.4. The highest BCUT2D eigenvalue weighted by Crippen LogP contribution is 2.28. The molecule has 1 aliphatic rings. The Morgan fingerprint density at radius 2 is 1.88 bits per heavy atom. The molecule has 0 radical (unpaired) electrons. The first-order valence-corrected chi connectivity index (χ1v) is 10.1. The lowest BCUT2D eigenvalue weighted by molar-refractivity contribution is 0.0755. The van der Waals surface area contributed by atoms with Crippen molar-refractivity contribution in [2.75, 3.05) is 40.1 Å². The third kappa shape index (κ3) is 5.78. The molecule has 9 heteroatoms. The smallest absolute Gasteiger partial charge is 0.193 e. The van der Waals surface area contributed by atoms with Gasteiger partial charge in [-0.25, -0.2) is 12.8 Å². The molecule has 0 unspecified atom stereocenters. The number of hydrogen-bond donors (Lipinski definition) is 1. The molecule has 6 nitrogen and oxygen atoms in total. The maximum absolute atomic E-state index is 13.0. The van der Waals surface area contributed by atoms with Gasteiger partial charge in [-0.15, -0.1) is 24.0 Å². The van der Waals surface area contributed by atoms with Crippen molar-refractivity contribution >= 4 is 39.8 Å². The lowest BCUT2D eigenvalue weighted by Gasteiger charge is -2.36. The van der Waals surface area contributed by atoms with Crippen LogP contribution in [0.15, 0.2) is 29.3 Å². The van der Waals surface area contributed by atoms with Gasteiger partial charge in [0.2, 0.25) is 0 Å². The molecule has 148 valence electrons. The molecule has 26 heavy (non-hydrogen) atoms. The Labute approximate surface area is 172 Å². The van der Waals surface area contributed by atoms with E-state index in [9.17, 15) is 12.8 Å². The monoisotopic (exact) mass is 499 g/mol. The maximum atomic E-state index is 13.0. The van der Waals surface area contributed by atoms with Crippen LogP contribution in [0.1, 0.15) is 18.4 Å². The number of sulfone groups is 1. The molecule has 1 saturated heterocycles. The van der Waals surface area contributed by atoms with Crippen LogP contribution in [0.25, 0.3) is 0 Å². The number of aliphatic imine (C=N–C) groups is 1. The van der Waals surface area contributed by atoms with Crippen molar-refractivity contribution in [2.45, 2.75) is 24.1 Å². The minimum atomic E-state index is -3.24. The molecule has 1 N–H and O–H groups in total. The van der Waals surface area contributed by atoms with Crippen molar-refractivity contribution in [1.29, 1.82) is 0 Å². The zero-order valence-corrected chi connectivity index (χ0v) is 18.5. The minimum Gasteiger partial charge on any atom is -0.381 e. The fraction of sp³-hybridized carbons (Fsp3) is 0.588. The second-order valence-electron chi connectivity index (χ2n) is 6.45. The van der Waals surface area contributed by atoms with Crippen molar-refractivity contribution in [1.82, 2.24) is 10.2 Å². The number of benzene rings is 1. The fourth-order valence-electron chi connectivity index (χ4n) is 2.99. The Kier molecular flexibility index (Phi) is 8.74. The molecule has 1 aromatic rings. The van der Waals surface area contributed by atoms with Gasteiger partial charge in [0.05, 0.1) is 4.75 Å². The quantitative estimate of drug-likeness (QED) is 0.382. The lowest BCUT2D eigenvalue weighted by Crippen LogP contribution is -2.53. The van der Waals surface area contributed by atoms with Crippen molar-refractivity contribution < 1.29 is 17.5 Å². The predicted molar refractivity (Wildman–Crippen MR) is 112 cm³/mol. The summed E-state index contributed by atoms with van der Waals surface area (Å²) < 4.78 is 42.1. The van der Waals surface area contributed by atoms with Crippen LogP contribution in [0.3, 0.4) is 0 Å². The van der Waals surface area contributed by atoms with Gasteiger partial charge in [0, 0.05) is 46.7 Å². The number of guanidine groups is 1. The average molecular weight is 499 g/mol. The molecule has 0 saturated carbocycles. The summed E-state index contributed by atoms with van der Waals surface area (Å²) in [5.41, 5.74) is 0.941. The normalized spacial score (nSPS) is 17.3. The largest absolute Gasteiger partial charge is 0.381 e. The predicted octanol–water partition coefficient (Wildman–Crippen LogP) is 2.04. The van der Waals surface area contributed by atoms with Crippen LogP contribution < -0.4 is 5.32 Å². The summed E-state index contributed by atoms with van der Waals surface area (Å²) >= 11 is 0. The van der Waals surface area contributed by atoms with Gasteiger partial charge in [-0.1, -0.05) is 12.1 Å².